The molecule has 0 radical (unpaired) electrons. The predicted molar refractivity (Wildman–Crippen MR) is 113 cm³/mol. The molecule has 0 aliphatic rings. The number of rotatable bonds is 5. The molecular formula is C22H22F3N5O. The van der Waals surface area contributed by atoms with E-state index in [4.69, 9.17) is 0 Å². The van der Waals surface area contributed by atoms with E-state index in [1.54, 1.807) is 0 Å². The van der Waals surface area contributed by atoms with Crippen LogP contribution in [0.3, 0.4) is 0 Å². The Labute approximate surface area is 178 Å². The van der Waals surface area contributed by atoms with Crippen LogP contribution in [0.1, 0.15) is 22.4 Å². The van der Waals surface area contributed by atoms with Crippen LogP contribution in [-0.4, -0.2) is 34.5 Å². The molecule has 0 aliphatic heterocycles. The number of carbonyl (C=O) groups excluding carboxylic acids is 1. The van der Waals surface area contributed by atoms with Gasteiger partial charge >= 0.3 is 6.18 Å². The largest absolute Gasteiger partial charge is 0.433 e. The van der Waals surface area contributed by atoms with Crippen LogP contribution in [0.15, 0.2) is 42.7 Å². The Morgan fingerprint density at radius 2 is 1.65 bits per heavy atom. The summed E-state index contributed by atoms with van der Waals surface area (Å²) in [6, 6.07) is 7.78. The average molecular weight is 429 g/mol. The zero-order chi connectivity index (χ0) is 22.8. The Kier molecular flexibility index (Phi) is 6.24. The number of hydrogen-bond acceptors (Lipinski definition) is 5. The van der Waals surface area contributed by atoms with Gasteiger partial charge < -0.3 is 10.2 Å². The minimum atomic E-state index is -4.65. The second-order valence-electron chi connectivity index (χ2n) is 7.35. The van der Waals surface area contributed by atoms with Crippen LogP contribution >= 0.6 is 0 Å². The number of amides is 1. The lowest BCUT2D eigenvalue weighted by atomic mass is 10.1. The van der Waals surface area contributed by atoms with E-state index in [9.17, 15) is 18.0 Å². The number of aryl methyl sites for hydroxylation is 3. The number of nitrogens with one attached hydrogen (secondary N) is 1. The number of benzene rings is 1. The molecule has 1 amide bonds. The van der Waals surface area contributed by atoms with E-state index in [1.807, 2.05) is 32.9 Å². The summed E-state index contributed by atoms with van der Waals surface area (Å²) in [7, 11) is 1.51. The number of carbonyl (C=O) groups is 1. The highest BCUT2D eigenvalue weighted by Gasteiger charge is 2.34. The highest BCUT2D eigenvalue weighted by Crippen LogP contribution is 2.31. The second kappa shape index (κ2) is 8.71. The molecule has 31 heavy (non-hydrogen) atoms. The number of hydrogen-bond donors (Lipinski definition) is 1. The standard InChI is InChI=1S/C22H22F3N5O/c1-13-9-14(2)20(15(3)10-13)29-19(31)12-30(4)18-11-17(22(23,24)25)27-21(28-18)16-5-7-26-8-6-16/h5-11H,12H2,1-4H3,(H,29,31). The quantitative estimate of drug-likeness (QED) is 0.644. The number of pyridine rings is 1. The van der Waals surface area contributed by atoms with Crippen molar-refractivity contribution in [2.45, 2.75) is 26.9 Å². The molecule has 9 heteroatoms. The van der Waals surface area contributed by atoms with E-state index in [1.165, 1.54) is 36.5 Å². The zero-order valence-corrected chi connectivity index (χ0v) is 17.6. The van der Waals surface area contributed by atoms with Gasteiger partial charge in [-0.3, -0.25) is 9.78 Å². The topological polar surface area (TPSA) is 71.0 Å². The summed E-state index contributed by atoms with van der Waals surface area (Å²) < 4.78 is 40.2. The maximum absolute atomic E-state index is 13.4. The minimum Gasteiger partial charge on any atom is -0.350 e. The zero-order valence-electron chi connectivity index (χ0n) is 17.6. The van der Waals surface area contributed by atoms with Crippen LogP contribution in [0.5, 0.6) is 0 Å². The summed E-state index contributed by atoms with van der Waals surface area (Å²) >= 11 is 0. The molecule has 0 spiro atoms. The van der Waals surface area contributed by atoms with Gasteiger partial charge in [-0.05, 0) is 44.0 Å². The molecule has 3 rings (SSSR count). The fourth-order valence-corrected chi connectivity index (χ4v) is 3.26. The first-order valence-electron chi connectivity index (χ1n) is 9.50. The fourth-order valence-electron chi connectivity index (χ4n) is 3.26. The highest BCUT2D eigenvalue weighted by molar-refractivity contribution is 5.95. The average Bonchev–Trinajstić information content (AvgIpc) is 2.70. The van der Waals surface area contributed by atoms with Crippen molar-refractivity contribution in [2.75, 3.05) is 23.8 Å². The van der Waals surface area contributed by atoms with E-state index in [2.05, 4.69) is 20.3 Å². The SMILES string of the molecule is Cc1cc(C)c(NC(=O)CN(C)c2cc(C(F)(F)F)nc(-c3ccncc3)n2)c(C)c1. The third-order valence-electron chi connectivity index (χ3n) is 4.65. The molecule has 3 aromatic rings. The van der Waals surface area contributed by atoms with Crippen LogP contribution in [0, 0.1) is 20.8 Å². The molecule has 1 aromatic carbocycles. The van der Waals surface area contributed by atoms with Crippen molar-refractivity contribution in [1.82, 2.24) is 15.0 Å². The monoisotopic (exact) mass is 429 g/mol. The van der Waals surface area contributed by atoms with Gasteiger partial charge in [0.15, 0.2) is 11.5 Å². The lowest BCUT2D eigenvalue weighted by Crippen LogP contribution is -2.31. The van der Waals surface area contributed by atoms with Crippen LogP contribution in [0.25, 0.3) is 11.4 Å². The maximum Gasteiger partial charge on any atom is 0.433 e. The molecule has 0 fully saturated rings. The number of aromatic nitrogens is 3. The third kappa shape index (κ3) is 5.36. The molecule has 2 heterocycles. The van der Waals surface area contributed by atoms with Crippen molar-refractivity contribution in [2.24, 2.45) is 0 Å². The number of alkyl halides is 3. The summed E-state index contributed by atoms with van der Waals surface area (Å²) in [5.41, 5.74) is 2.91. The lowest BCUT2D eigenvalue weighted by Gasteiger charge is -2.20. The summed E-state index contributed by atoms with van der Waals surface area (Å²) in [5, 5.41) is 2.84. The van der Waals surface area contributed by atoms with Gasteiger partial charge in [-0.25, -0.2) is 9.97 Å². The Balaban J connectivity index is 1.87. The first-order valence-corrected chi connectivity index (χ1v) is 9.50. The Morgan fingerprint density at radius 1 is 1.03 bits per heavy atom. The van der Waals surface area contributed by atoms with Gasteiger partial charge in [0.1, 0.15) is 5.82 Å². The van der Waals surface area contributed by atoms with Crippen molar-refractivity contribution in [1.29, 1.82) is 0 Å². The Hall–Kier alpha value is -3.49. The number of nitrogens with zero attached hydrogens (tertiary/aromatic N) is 4. The molecule has 0 atom stereocenters. The van der Waals surface area contributed by atoms with E-state index in [-0.39, 0.29) is 24.1 Å². The van der Waals surface area contributed by atoms with E-state index in [0.29, 0.717) is 11.3 Å². The summed E-state index contributed by atoms with van der Waals surface area (Å²) in [6.07, 6.45) is -1.76. The number of anilines is 2. The van der Waals surface area contributed by atoms with Crippen molar-refractivity contribution in [3.63, 3.8) is 0 Å². The molecule has 2 aromatic heterocycles. The summed E-state index contributed by atoms with van der Waals surface area (Å²) in [4.78, 5) is 25.7. The molecule has 0 saturated heterocycles. The lowest BCUT2D eigenvalue weighted by molar-refractivity contribution is -0.141. The normalized spacial score (nSPS) is 11.3. The van der Waals surface area contributed by atoms with E-state index < -0.39 is 11.9 Å². The Morgan fingerprint density at radius 3 is 2.23 bits per heavy atom. The molecule has 0 saturated carbocycles. The first-order chi connectivity index (χ1) is 14.5. The third-order valence-corrected chi connectivity index (χ3v) is 4.65. The van der Waals surface area contributed by atoms with Gasteiger partial charge in [-0.1, -0.05) is 17.7 Å². The number of halogens is 3. The minimum absolute atomic E-state index is 0.0124. The maximum atomic E-state index is 13.4. The van der Waals surface area contributed by atoms with E-state index in [0.717, 1.165) is 22.8 Å². The molecule has 0 bridgehead atoms. The van der Waals surface area contributed by atoms with Gasteiger partial charge in [0.05, 0.1) is 6.54 Å². The van der Waals surface area contributed by atoms with Crippen molar-refractivity contribution in [3.05, 3.63) is 65.1 Å². The molecule has 162 valence electrons. The molecule has 0 unspecified atom stereocenters. The van der Waals surface area contributed by atoms with Crippen molar-refractivity contribution < 1.29 is 18.0 Å². The molecule has 1 N–H and O–H groups in total. The van der Waals surface area contributed by atoms with Crippen LogP contribution in [0.2, 0.25) is 0 Å². The first kappa shape index (κ1) is 22.2. The van der Waals surface area contributed by atoms with Gasteiger partial charge in [-0.2, -0.15) is 13.2 Å². The van der Waals surface area contributed by atoms with Crippen LogP contribution in [0.4, 0.5) is 24.7 Å². The summed E-state index contributed by atoms with van der Waals surface area (Å²) in [5.74, 6) is -0.471. The van der Waals surface area contributed by atoms with Crippen molar-refractivity contribution in [3.8, 4) is 11.4 Å². The van der Waals surface area contributed by atoms with Crippen LogP contribution in [-0.2, 0) is 11.0 Å². The summed E-state index contributed by atoms with van der Waals surface area (Å²) in [6.45, 7) is 5.56. The smallest absolute Gasteiger partial charge is 0.350 e. The predicted octanol–water partition coefficient (Wildman–Crippen LogP) is 4.56. The highest BCUT2D eigenvalue weighted by atomic mass is 19.4. The van der Waals surface area contributed by atoms with Gasteiger partial charge in [0.2, 0.25) is 5.91 Å². The molecule has 6 nitrogen and oxygen atoms in total. The number of likely N-dealkylation sites (N-methyl/N-ethyl adjacent to an activating group) is 1. The fraction of sp³-hybridized carbons (Fsp3) is 0.273. The van der Waals surface area contributed by atoms with Crippen LogP contribution < -0.4 is 10.2 Å². The molecule has 0 aliphatic carbocycles. The molecular weight excluding hydrogens is 407 g/mol. The van der Waals surface area contributed by atoms with Gasteiger partial charge in [0, 0.05) is 36.8 Å². The second-order valence-corrected chi connectivity index (χ2v) is 7.35. The van der Waals surface area contributed by atoms with Gasteiger partial charge in [-0.15, -0.1) is 0 Å². The van der Waals surface area contributed by atoms with E-state index >= 15 is 0 Å². The van der Waals surface area contributed by atoms with Crippen molar-refractivity contribution >= 4 is 17.4 Å². The Bertz CT molecular complexity index is 1080. The van der Waals surface area contributed by atoms with Gasteiger partial charge in [0.25, 0.3) is 0 Å².